The van der Waals surface area contributed by atoms with Crippen LogP contribution in [0.15, 0.2) is 88.9 Å². The van der Waals surface area contributed by atoms with E-state index in [0.29, 0.717) is 17.3 Å². The number of ether oxygens (including phenoxy) is 1. The van der Waals surface area contributed by atoms with E-state index in [2.05, 4.69) is 10.5 Å². The van der Waals surface area contributed by atoms with E-state index < -0.39 is 22.5 Å². The maximum Gasteiger partial charge on any atom is 0.264 e. The number of hydrazone groups is 1. The number of hydrogen-bond acceptors (Lipinski definition) is 5. The number of anilines is 1. The Labute approximate surface area is 198 Å². The fraction of sp³-hybridized carbons (Fsp3) is 0.167. The summed E-state index contributed by atoms with van der Waals surface area (Å²) in [5.74, 6) is 0.166. The van der Waals surface area contributed by atoms with E-state index in [4.69, 9.17) is 16.3 Å². The first kappa shape index (κ1) is 24.3. The van der Waals surface area contributed by atoms with Crippen LogP contribution in [0, 0.1) is 0 Å². The van der Waals surface area contributed by atoms with Crippen molar-refractivity contribution in [2.75, 3.05) is 17.5 Å². The van der Waals surface area contributed by atoms with Gasteiger partial charge in [0.15, 0.2) is 0 Å². The van der Waals surface area contributed by atoms with Crippen LogP contribution in [0.1, 0.15) is 18.9 Å². The van der Waals surface area contributed by atoms with Gasteiger partial charge in [0.1, 0.15) is 12.3 Å². The Balaban J connectivity index is 1.72. The highest BCUT2D eigenvalue weighted by molar-refractivity contribution is 7.92. The van der Waals surface area contributed by atoms with Crippen LogP contribution in [0.25, 0.3) is 0 Å². The van der Waals surface area contributed by atoms with E-state index >= 15 is 0 Å². The topological polar surface area (TPSA) is 88.1 Å². The standard InChI is InChI=1S/C24H24ClN3O4S/c1-2-16-32-22-12-8-19(9-13-22)17-26-27-24(29)18-28(21-6-4-3-5-7-21)33(30,31)23-14-10-20(25)11-15-23/h3-15,17H,2,16,18H2,1H3,(H,27,29)/b26-17-. The maximum absolute atomic E-state index is 13.2. The SMILES string of the molecule is CCCOc1ccc(/C=N\NC(=O)CN(c2ccccc2)S(=O)(=O)c2ccc(Cl)cc2)cc1. The molecule has 0 aliphatic rings. The maximum atomic E-state index is 13.2. The van der Waals surface area contributed by atoms with Crippen molar-refractivity contribution >= 4 is 39.4 Å². The molecular weight excluding hydrogens is 462 g/mol. The number of halogens is 1. The Bertz CT molecular complexity index is 1180. The quantitative estimate of drug-likeness (QED) is 0.339. The molecule has 1 amide bonds. The first-order valence-corrected chi connectivity index (χ1v) is 12.1. The van der Waals surface area contributed by atoms with Gasteiger partial charge in [-0.15, -0.1) is 0 Å². The normalized spacial score (nSPS) is 11.3. The van der Waals surface area contributed by atoms with E-state index in [0.717, 1.165) is 22.0 Å². The van der Waals surface area contributed by atoms with Crippen LogP contribution in [-0.2, 0) is 14.8 Å². The smallest absolute Gasteiger partial charge is 0.264 e. The molecule has 0 saturated carbocycles. The largest absolute Gasteiger partial charge is 0.494 e. The van der Waals surface area contributed by atoms with E-state index in [1.165, 1.54) is 30.5 Å². The van der Waals surface area contributed by atoms with Gasteiger partial charge in [0.05, 0.1) is 23.4 Å². The Morgan fingerprint density at radius 1 is 1.03 bits per heavy atom. The fourth-order valence-electron chi connectivity index (χ4n) is 2.86. The van der Waals surface area contributed by atoms with Crippen LogP contribution < -0.4 is 14.5 Å². The van der Waals surface area contributed by atoms with Crippen LogP contribution in [-0.4, -0.2) is 33.7 Å². The van der Waals surface area contributed by atoms with Crippen molar-refractivity contribution in [3.8, 4) is 5.75 Å². The molecule has 172 valence electrons. The summed E-state index contributed by atoms with van der Waals surface area (Å²) >= 11 is 5.89. The average Bonchev–Trinajstić information content (AvgIpc) is 2.83. The Morgan fingerprint density at radius 3 is 2.33 bits per heavy atom. The number of rotatable bonds is 10. The highest BCUT2D eigenvalue weighted by Crippen LogP contribution is 2.24. The number of para-hydroxylation sites is 1. The third-order valence-corrected chi connectivity index (χ3v) is 6.53. The average molecular weight is 486 g/mol. The second-order valence-electron chi connectivity index (χ2n) is 7.01. The zero-order chi connectivity index (χ0) is 23.7. The number of nitrogens with one attached hydrogen (secondary N) is 1. The lowest BCUT2D eigenvalue weighted by Crippen LogP contribution is -2.39. The van der Waals surface area contributed by atoms with Gasteiger partial charge in [-0.1, -0.05) is 36.7 Å². The summed E-state index contributed by atoms with van der Waals surface area (Å²) in [7, 11) is -4.01. The third-order valence-electron chi connectivity index (χ3n) is 4.49. The molecule has 3 aromatic rings. The fourth-order valence-corrected chi connectivity index (χ4v) is 4.40. The zero-order valence-electron chi connectivity index (χ0n) is 18.0. The molecule has 0 spiro atoms. The second kappa shape index (κ2) is 11.5. The van der Waals surface area contributed by atoms with Crippen molar-refractivity contribution < 1.29 is 17.9 Å². The second-order valence-corrected chi connectivity index (χ2v) is 9.31. The number of benzene rings is 3. The minimum Gasteiger partial charge on any atom is -0.494 e. The number of nitrogens with zero attached hydrogens (tertiary/aromatic N) is 2. The van der Waals surface area contributed by atoms with Gasteiger partial charge in [-0.3, -0.25) is 9.10 Å². The van der Waals surface area contributed by atoms with Gasteiger partial charge in [-0.05, 0) is 72.6 Å². The van der Waals surface area contributed by atoms with Crippen molar-refractivity contribution in [2.45, 2.75) is 18.2 Å². The number of sulfonamides is 1. The number of amides is 1. The summed E-state index contributed by atoms with van der Waals surface area (Å²) in [6.45, 7) is 2.22. The number of hydrogen-bond donors (Lipinski definition) is 1. The van der Waals surface area contributed by atoms with Crippen LogP contribution >= 0.6 is 11.6 Å². The molecule has 0 bridgehead atoms. The van der Waals surface area contributed by atoms with Crippen molar-refractivity contribution in [3.05, 3.63) is 89.4 Å². The molecule has 0 saturated heterocycles. The lowest BCUT2D eigenvalue weighted by atomic mass is 10.2. The molecule has 0 aliphatic carbocycles. The van der Waals surface area contributed by atoms with Crippen LogP contribution in [0.2, 0.25) is 5.02 Å². The van der Waals surface area contributed by atoms with E-state index in [-0.39, 0.29) is 4.90 Å². The molecule has 0 unspecified atom stereocenters. The molecule has 0 aromatic heterocycles. The molecule has 0 atom stereocenters. The molecule has 7 nitrogen and oxygen atoms in total. The van der Waals surface area contributed by atoms with E-state index in [9.17, 15) is 13.2 Å². The molecule has 9 heteroatoms. The summed E-state index contributed by atoms with van der Waals surface area (Å²) in [4.78, 5) is 12.6. The van der Waals surface area contributed by atoms with E-state index in [1.54, 1.807) is 30.3 Å². The van der Waals surface area contributed by atoms with Gasteiger partial charge in [0, 0.05) is 5.02 Å². The molecule has 3 aromatic carbocycles. The summed E-state index contributed by atoms with van der Waals surface area (Å²) in [6, 6.07) is 21.4. The Morgan fingerprint density at radius 2 is 1.70 bits per heavy atom. The van der Waals surface area contributed by atoms with Gasteiger partial charge in [-0.2, -0.15) is 5.10 Å². The van der Waals surface area contributed by atoms with E-state index in [1.807, 2.05) is 31.2 Å². The van der Waals surface area contributed by atoms with Crippen molar-refractivity contribution in [2.24, 2.45) is 5.10 Å². The highest BCUT2D eigenvalue weighted by Gasteiger charge is 2.27. The zero-order valence-corrected chi connectivity index (χ0v) is 19.6. The van der Waals surface area contributed by atoms with Gasteiger partial charge in [0.25, 0.3) is 15.9 Å². The monoisotopic (exact) mass is 485 g/mol. The molecule has 0 radical (unpaired) electrons. The van der Waals surface area contributed by atoms with Crippen molar-refractivity contribution in [1.82, 2.24) is 5.43 Å². The van der Waals surface area contributed by atoms with Gasteiger partial charge in [-0.25, -0.2) is 13.8 Å². The van der Waals surface area contributed by atoms with Crippen LogP contribution in [0.5, 0.6) is 5.75 Å². The third kappa shape index (κ3) is 6.81. The lowest BCUT2D eigenvalue weighted by molar-refractivity contribution is -0.119. The molecule has 33 heavy (non-hydrogen) atoms. The minimum atomic E-state index is -4.01. The van der Waals surface area contributed by atoms with Crippen LogP contribution in [0.3, 0.4) is 0 Å². The van der Waals surface area contributed by atoms with Gasteiger partial charge in [0.2, 0.25) is 0 Å². The Hall–Kier alpha value is -3.36. The summed E-state index contributed by atoms with van der Waals surface area (Å²) in [5.41, 5.74) is 3.50. The predicted octanol–water partition coefficient (Wildman–Crippen LogP) is 4.47. The summed E-state index contributed by atoms with van der Waals surface area (Å²) < 4.78 is 33.0. The summed E-state index contributed by atoms with van der Waals surface area (Å²) in [6.07, 6.45) is 2.39. The van der Waals surface area contributed by atoms with Crippen molar-refractivity contribution in [3.63, 3.8) is 0 Å². The number of carbonyl (C=O) groups excluding carboxylic acids is 1. The summed E-state index contributed by atoms with van der Waals surface area (Å²) in [5, 5.41) is 4.36. The van der Waals surface area contributed by atoms with Gasteiger partial charge >= 0.3 is 0 Å². The predicted molar refractivity (Wildman–Crippen MR) is 130 cm³/mol. The van der Waals surface area contributed by atoms with Gasteiger partial charge < -0.3 is 4.74 Å². The highest BCUT2D eigenvalue weighted by atomic mass is 35.5. The first-order valence-electron chi connectivity index (χ1n) is 10.3. The molecule has 3 rings (SSSR count). The van der Waals surface area contributed by atoms with Crippen LogP contribution in [0.4, 0.5) is 5.69 Å². The number of carbonyl (C=O) groups is 1. The minimum absolute atomic E-state index is 0.0254. The molecular formula is C24H24ClN3O4S. The molecule has 0 aliphatic heterocycles. The molecule has 0 heterocycles. The Kier molecular flexibility index (Phi) is 8.46. The molecule has 1 N–H and O–H groups in total. The molecule has 0 fully saturated rings. The van der Waals surface area contributed by atoms with Crippen molar-refractivity contribution in [1.29, 1.82) is 0 Å². The first-order chi connectivity index (χ1) is 15.9. The lowest BCUT2D eigenvalue weighted by Gasteiger charge is -2.23.